The predicted octanol–water partition coefficient (Wildman–Crippen LogP) is 6.36. The van der Waals surface area contributed by atoms with Crippen LogP contribution in [0.2, 0.25) is 39.3 Å². The monoisotopic (exact) mass is 430 g/mol. The molecule has 0 aromatic carbocycles. The molecule has 3 aromatic rings. The predicted molar refractivity (Wildman–Crippen MR) is 123 cm³/mol. The first-order valence-corrected chi connectivity index (χ1v) is 17.9. The number of thiophene rings is 3. The Morgan fingerprint density at radius 3 is 1.78 bits per heavy atom. The van der Waals surface area contributed by atoms with Crippen molar-refractivity contribution in [2.45, 2.75) is 49.1 Å². The van der Waals surface area contributed by atoms with Gasteiger partial charge in [0.05, 0.1) is 30.6 Å². The van der Waals surface area contributed by atoms with Gasteiger partial charge < -0.3 is 0 Å². The molecular weight excluding hydrogens is 409 g/mol. The van der Waals surface area contributed by atoms with Crippen LogP contribution in [0.3, 0.4) is 0 Å². The Kier molecular flexibility index (Phi) is 4.80. The van der Waals surface area contributed by atoms with E-state index < -0.39 is 16.1 Å². The minimum Gasteiger partial charge on any atom is -0.143 e. The van der Waals surface area contributed by atoms with Crippen LogP contribution in [-0.4, -0.2) is 16.1 Å². The van der Waals surface area contributed by atoms with Gasteiger partial charge in [-0.05, 0) is 21.1 Å². The lowest BCUT2D eigenvalue weighted by Crippen LogP contribution is -2.34. The second-order valence-electron chi connectivity index (χ2n) is 7.91. The zero-order chi connectivity index (χ0) is 17.2. The quantitative estimate of drug-likeness (QED) is 0.350. The van der Waals surface area contributed by atoms with Crippen LogP contribution < -0.4 is 9.00 Å². The third kappa shape index (κ3) is 3.43. The van der Waals surface area contributed by atoms with Gasteiger partial charge in [-0.1, -0.05) is 39.3 Å². The Hall–Kier alpha value is 0.494. The highest BCUT2D eigenvalue weighted by atomic mass is 32.1. The van der Waals surface area contributed by atoms with E-state index in [-0.39, 0.29) is 0 Å². The summed E-state index contributed by atoms with van der Waals surface area (Å²) in [5.41, 5.74) is 0. The summed E-state index contributed by atoms with van der Waals surface area (Å²) in [6.45, 7) is 14.4. The maximum atomic E-state index is 4.88. The van der Waals surface area contributed by atoms with Gasteiger partial charge in [0, 0.05) is 14.5 Å². The fourth-order valence-corrected chi connectivity index (χ4v) is 11.1. The molecular formula is C16H22S5Si2. The molecule has 124 valence electrons. The SMILES string of the molecule is C[Si](C)(C)c1cc(S)c(-c2sc3cc([Si](C)(C)C)sc3c2S)s1. The smallest absolute Gasteiger partial charge is 0.0904 e. The van der Waals surface area contributed by atoms with Crippen molar-refractivity contribution in [3.05, 3.63) is 12.1 Å². The normalized spacial score (nSPS) is 13.2. The molecule has 0 N–H and O–H groups in total. The maximum Gasteiger partial charge on any atom is 0.0904 e. The van der Waals surface area contributed by atoms with Gasteiger partial charge in [-0.3, -0.25) is 0 Å². The van der Waals surface area contributed by atoms with Gasteiger partial charge >= 0.3 is 0 Å². The molecule has 0 atom stereocenters. The largest absolute Gasteiger partial charge is 0.143 e. The lowest BCUT2D eigenvalue weighted by atomic mass is 10.4. The molecule has 0 unspecified atom stereocenters. The summed E-state index contributed by atoms with van der Waals surface area (Å²) in [4.78, 5) is 4.87. The molecule has 3 aromatic heterocycles. The van der Waals surface area contributed by atoms with Crippen LogP contribution in [0.5, 0.6) is 0 Å². The van der Waals surface area contributed by atoms with Gasteiger partial charge in [-0.25, -0.2) is 0 Å². The van der Waals surface area contributed by atoms with Crippen molar-refractivity contribution in [3.63, 3.8) is 0 Å². The Balaban J connectivity index is 2.13. The summed E-state index contributed by atoms with van der Waals surface area (Å²) in [5, 5.41) is 0. The molecule has 0 saturated heterocycles. The van der Waals surface area contributed by atoms with E-state index in [2.05, 4.69) is 51.4 Å². The minimum absolute atomic E-state index is 1.11. The summed E-state index contributed by atoms with van der Waals surface area (Å²) >= 11 is 15.4. The van der Waals surface area contributed by atoms with Crippen molar-refractivity contribution in [1.29, 1.82) is 0 Å². The second-order valence-corrected chi connectivity index (χ2v) is 22.8. The summed E-state index contributed by atoms with van der Waals surface area (Å²) < 4.78 is 5.84. The van der Waals surface area contributed by atoms with Crippen molar-refractivity contribution in [2.24, 2.45) is 0 Å². The number of thiol groups is 2. The first-order chi connectivity index (χ1) is 10.5. The van der Waals surface area contributed by atoms with Crippen LogP contribution in [-0.2, 0) is 0 Å². The average molecular weight is 431 g/mol. The summed E-state index contributed by atoms with van der Waals surface area (Å²) in [5.74, 6) is 0. The zero-order valence-electron chi connectivity index (χ0n) is 14.3. The zero-order valence-corrected chi connectivity index (χ0v) is 20.5. The molecule has 0 spiro atoms. The third-order valence-corrected chi connectivity index (χ3v) is 15.9. The van der Waals surface area contributed by atoms with Crippen molar-refractivity contribution in [3.8, 4) is 9.75 Å². The first-order valence-electron chi connectivity index (χ1n) is 7.58. The van der Waals surface area contributed by atoms with E-state index in [0.29, 0.717) is 0 Å². The molecule has 0 saturated carbocycles. The molecule has 0 aliphatic heterocycles. The molecule has 3 heterocycles. The first kappa shape index (κ1) is 18.3. The van der Waals surface area contributed by atoms with Crippen molar-refractivity contribution < 1.29 is 0 Å². The minimum atomic E-state index is -1.29. The van der Waals surface area contributed by atoms with E-state index in [1.807, 2.05) is 34.0 Å². The molecule has 0 radical (unpaired) electrons. The fourth-order valence-electron chi connectivity index (χ4n) is 2.31. The molecule has 7 heteroatoms. The highest BCUT2D eigenvalue weighted by Gasteiger charge is 2.25. The van der Waals surface area contributed by atoms with Crippen LogP contribution in [0, 0.1) is 0 Å². The maximum absolute atomic E-state index is 4.88. The van der Waals surface area contributed by atoms with E-state index in [0.717, 1.165) is 9.79 Å². The molecule has 3 rings (SSSR count). The van der Waals surface area contributed by atoms with Gasteiger partial charge in [0.25, 0.3) is 0 Å². The van der Waals surface area contributed by atoms with E-state index >= 15 is 0 Å². The standard InChI is InChI=1S/C16H22S5Si2/c1-22(2,3)11-7-9(17)14(20-11)16-13(18)15-10(19-16)8-12(21-15)23(4,5)6/h7-8,17-18H,1-6H3. The van der Waals surface area contributed by atoms with E-state index in [1.54, 1.807) is 4.50 Å². The van der Waals surface area contributed by atoms with E-state index in [9.17, 15) is 0 Å². The Bertz CT molecular complexity index is 871. The number of hydrogen-bond acceptors (Lipinski definition) is 5. The number of fused-ring (bicyclic) bond motifs is 1. The fraction of sp³-hybridized carbons (Fsp3) is 0.375. The number of hydrogen-bond donors (Lipinski definition) is 2. The summed E-state index contributed by atoms with van der Waals surface area (Å²) in [6, 6.07) is 4.69. The van der Waals surface area contributed by atoms with Gasteiger partial charge in [-0.15, -0.1) is 59.3 Å². The van der Waals surface area contributed by atoms with Crippen molar-refractivity contribution in [1.82, 2.24) is 0 Å². The van der Waals surface area contributed by atoms with E-state index in [4.69, 9.17) is 25.3 Å². The van der Waals surface area contributed by atoms with Gasteiger partial charge in [-0.2, -0.15) is 0 Å². The Morgan fingerprint density at radius 1 is 0.739 bits per heavy atom. The molecule has 0 nitrogen and oxygen atoms in total. The number of rotatable bonds is 3. The second kappa shape index (κ2) is 6.04. The van der Waals surface area contributed by atoms with Crippen LogP contribution in [0.15, 0.2) is 21.9 Å². The summed E-state index contributed by atoms with van der Waals surface area (Å²) in [6.07, 6.45) is 0. The van der Waals surface area contributed by atoms with Crippen LogP contribution in [0.25, 0.3) is 19.2 Å². The Labute approximate surface area is 163 Å². The van der Waals surface area contributed by atoms with Crippen LogP contribution in [0.4, 0.5) is 0 Å². The lowest BCUT2D eigenvalue weighted by molar-refractivity contribution is 1.58. The van der Waals surface area contributed by atoms with Crippen LogP contribution >= 0.6 is 59.3 Å². The lowest BCUT2D eigenvalue weighted by Gasteiger charge is -2.12. The van der Waals surface area contributed by atoms with Crippen molar-refractivity contribution >= 4 is 93.8 Å². The van der Waals surface area contributed by atoms with Gasteiger partial charge in [0.15, 0.2) is 0 Å². The van der Waals surface area contributed by atoms with E-state index in [1.165, 1.54) is 23.7 Å². The van der Waals surface area contributed by atoms with Gasteiger partial charge in [0.1, 0.15) is 0 Å². The molecule has 23 heavy (non-hydrogen) atoms. The molecule has 0 bridgehead atoms. The molecule has 0 aliphatic carbocycles. The molecule has 0 aliphatic rings. The van der Waals surface area contributed by atoms with Gasteiger partial charge in [0.2, 0.25) is 0 Å². The van der Waals surface area contributed by atoms with Crippen molar-refractivity contribution in [2.75, 3.05) is 0 Å². The highest BCUT2D eigenvalue weighted by molar-refractivity contribution is 7.81. The Morgan fingerprint density at radius 2 is 1.30 bits per heavy atom. The average Bonchev–Trinajstić information content (AvgIpc) is 3.03. The molecule has 0 amide bonds. The topological polar surface area (TPSA) is 0 Å². The highest BCUT2D eigenvalue weighted by Crippen LogP contribution is 2.46. The summed E-state index contributed by atoms with van der Waals surface area (Å²) in [7, 11) is -2.54. The third-order valence-electron chi connectivity index (χ3n) is 3.74. The molecule has 0 fully saturated rings. The van der Waals surface area contributed by atoms with Crippen LogP contribution in [0.1, 0.15) is 0 Å².